The molecule has 0 aromatic heterocycles. The molecule has 0 bridgehead atoms. The standard InChI is InChI=1S/C27H46O/c1-17(2)7-6-8-18(3)21-9-10-22-20-15-24(28)27-16-19(27)11-14-26(27,5)23(20)12-13-25(21,22)4/h17-24,28H,6-16H2,1-5H3/t18-,19+,20-,21-,22+,23-,24-,25+,26+,27-/m0/s1. The smallest absolute Gasteiger partial charge is 0.0607 e. The Balaban J connectivity index is 1.34. The van der Waals surface area contributed by atoms with E-state index in [1.54, 1.807) is 0 Å². The molecule has 0 radical (unpaired) electrons. The van der Waals surface area contributed by atoms with Gasteiger partial charge in [0, 0.05) is 5.41 Å². The first-order valence-electron chi connectivity index (χ1n) is 12.9. The summed E-state index contributed by atoms with van der Waals surface area (Å²) in [6, 6.07) is 0. The van der Waals surface area contributed by atoms with Gasteiger partial charge in [0.1, 0.15) is 0 Å². The van der Waals surface area contributed by atoms with Gasteiger partial charge in [-0.3, -0.25) is 0 Å². The Hall–Kier alpha value is -0.0400. The molecule has 10 atom stereocenters. The summed E-state index contributed by atoms with van der Waals surface area (Å²) in [5, 5.41) is 11.3. The molecule has 0 unspecified atom stereocenters. The van der Waals surface area contributed by atoms with Crippen LogP contribution in [0.4, 0.5) is 0 Å². The molecular weight excluding hydrogens is 340 g/mol. The Morgan fingerprint density at radius 3 is 2.43 bits per heavy atom. The lowest BCUT2D eigenvalue weighted by molar-refractivity contribution is -0.152. The number of aliphatic hydroxyl groups is 1. The molecule has 0 aliphatic heterocycles. The highest BCUT2D eigenvalue weighted by Crippen LogP contribution is 2.81. The van der Waals surface area contributed by atoms with Gasteiger partial charge in [0.15, 0.2) is 0 Å². The topological polar surface area (TPSA) is 20.2 Å². The summed E-state index contributed by atoms with van der Waals surface area (Å²) >= 11 is 0. The lowest BCUT2D eigenvalue weighted by Gasteiger charge is -2.60. The number of rotatable bonds is 5. The molecule has 160 valence electrons. The molecule has 1 heteroatoms. The summed E-state index contributed by atoms with van der Waals surface area (Å²) in [4.78, 5) is 0. The van der Waals surface area contributed by atoms with Crippen LogP contribution in [0.3, 0.4) is 0 Å². The third-order valence-corrected chi connectivity index (χ3v) is 11.8. The SMILES string of the molecule is CC(C)CCC[C@H](C)[C@@H]1CC[C@@H]2[C@@H]3C[C@H](O)[C@]45C[C@H]4CC[C@]5(C)[C@H]3CC[C@@]21C. The third-order valence-electron chi connectivity index (χ3n) is 11.8. The fourth-order valence-electron chi connectivity index (χ4n) is 10.3. The normalized spacial score (nSPS) is 55.4. The van der Waals surface area contributed by atoms with Crippen molar-refractivity contribution in [1.82, 2.24) is 0 Å². The summed E-state index contributed by atoms with van der Waals surface area (Å²) < 4.78 is 0. The van der Waals surface area contributed by atoms with Gasteiger partial charge in [-0.15, -0.1) is 0 Å². The van der Waals surface area contributed by atoms with Crippen LogP contribution in [-0.4, -0.2) is 11.2 Å². The number of fused-ring (bicyclic) bond motifs is 4. The van der Waals surface area contributed by atoms with Gasteiger partial charge >= 0.3 is 0 Å². The molecule has 0 aromatic carbocycles. The third kappa shape index (κ3) is 2.47. The average Bonchev–Trinajstić information content (AvgIpc) is 3.15. The molecule has 28 heavy (non-hydrogen) atoms. The van der Waals surface area contributed by atoms with E-state index in [1.807, 2.05) is 0 Å². The fourth-order valence-corrected chi connectivity index (χ4v) is 10.3. The van der Waals surface area contributed by atoms with E-state index in [4.69, 9.17) is 0 Å². The van der Waals surface area contributed by atoms with Crippen LogP contribution in [0.1, 0.15) is 105 Å². The summed E-state index contributed by atoms with van der Waals surface area (Å²) in [5.74, 6) is 6.17. The van der Waals surface area contributed by atoms with Crippen LogP contribution in [0.15, 0.2) is 0 Å². The van der Waals surface area contributed by atoms with Crippen molar-refractivity contribution in [3.63, 3.8) is 0 Å². The van der Waals surface area contributed by atoms with E-state index in [9.17, 15) is 5.11 Å². The molecule has 5 saturated carbocycles. The summed E-state index contributed by atoms with van der Waals surface area (Å²) in [7, 11) is 0. The highest BCUT2D eigenvalue weighted by Gasteiger charge is 2.77. The van der Waals surface area contributed by atoms with Crippen LogP contribution in [0.2, 0.25) is 0 Å². The van der Waals surface area contributed by atoms with Gasteiger partial charge in [0.05, 0.1) is 6.10 Å². The number of aliphatic hydroxyl groups excluding tert-OH is 1. The fraction of sp³-hybridized carbons (Fsp3) is 1.00. The van der Waals surface area contributed by atoms with Crippen LogP contribution in [-0.2, 0) is 0 Å². The first kappa shape index (κ1) is 19.9. The molecule has 5 aliphatic rings. The molecule has 0 heterocycles. The van der Waals surface area contributed by atoms with Gasteiger partial charge in [0.2, 0.25) is 0 Å². The second-order valence-corrected chi connectivity index (χ2v) is 13.1. The molecule has 1 nitrogen and oxygen atoms in total. The van der Waals surface area contributed by atoms with Gasteiger partial charge < -0.3 is 5.11 Å². The van der Waals surface area contributed by atoms with E-state index in [0.29, 0.717) is 16.2 Å². The van der Waals surface area contributed by atoms with Crippen molar-refractivity contribution in [1.29, 1.82) is 0 Å². The van der Waals surface area contributed by atoms with E-state index in [2.05, 4.69) is 34.6 Å². The minimum atomic E-state index is 0.0103. The zero-order valence-electron chi connectivity index (χ0n) is 19.3. The predicted octanol–water partition coefficient (Wildman–Crippen LogP) is 7.08. The van der Waals surface area contributed by atoms with Crippen LogP contribution >= 0.6 is 0 Å². The molecular formula is C27H46O. The molecule has 1 N–H and O–H groups in total. The van der Waals surface area contributed by atoms with Crippen molar-refractivity contribution in [3.8, 4) is 0 Å². The zero-order valence-corrected chi connectivity index (χ0v) is 19.3. The van der Waals surface area contributed by atoms with Gasteiger partial charge in [-0.05, 0) is 104 Å². The van der Waals surface area contributed by atoms with E-state index >= 15 is 0 Å². The minimum absolute atomic E-state index is 0.0103. The van der Waals surface area contributed by atoms with Gasteiger partial charge in [-0.25, -0.2) is 0 Å². The van der Waals surface area contributed by atoms with Crippen LogP contribution < -0.4 is 0 Å². The average molecular weight is 387 g/mol. The Bertz CT molecular complexity index is 611. The monoisotopic (exact) mass is 386 g/mol. The van der Waals surface area contributed by atoms with Crippen molar-refractivity contribution in [2.75, 3.05) is 0 Å². The molecule has 5 rings (SSSR count). The zero-order chi connectivity index (χ0) is 19.9. The minimum Gasteiger partial charge on any atom is -0.393 e. The molecule has 1 spiro atoms. The highest BCUT2D eigenvalue weighted by molar-refractivity contribution is 5.25. The Morgan fingerprint density at radius 1 is 0.929 bits per heavy atom. The van der Waals surface area contributed by atoms with E-state index in [-0.39, 0.29) is 6.10 Å². The van der Waals surface area contributed by atoms with E-state index in [1.165, 1.54) is 64.2 Å². The molecule has 0 amide bonds. The second-order valence-electron chi connectivity index (χ2n) is 13.1. The van der Waals surface area contributed by atoms with Gasteiger partial charge in [0.25, 0.3) is 0 Å². The highest BCUT2D eigenvalue weighted by atomic mass is 16.3. The van der Waals surface area contributed by atoms with Crippen LogP contribution in [0, 0.1) is 57.7 Å². The lowest BCUT2D eigenvalue weighted by atomic mass is 9.45. The Kier molecular flexibility index (Phi) is 4.60. The first-order chi connectivity index (χ1) is 13.2. The number of hydrogen-bond acceptors (Lipinski definition) is 1. The molecule has 5 fully saturated rings. The van der Waals surface area contributed by atoms with Crippen LogP contribution in [0.5, 0.6) is 0 Å². The molecule has 5 aliphatic carbocycles. The summed E-state index contributed by atoms with van der Waals surface area (Å²) in [6.45, 7) is 12.6. The molecule has 0 saturated heterocycles. The van der Waals surface area contributed by atoms with Crippen molar-refractivity contribution in [2.45, 2.75) is 111 Å². The van der Waals surface area contributed by atoms with E-state index < -0.39 is 0 Å². The van der Waals surface area contributed by atoms with E-state index in [0.717, 1.165) is 47.8 Å². The Labute approximate surface area is 174 Å². The van der Waals surface area contributed by atoms with Gasteiger partial charge in [-0.1, -0.05) is 53.9 Å². The number of hydrogen-bond donors (Lipinski definition) is 1. The Morgan fingerprint density at radius 2 is 1.71 bits per heavy atom. The quantitative estimate of drug-likeness (QED) is 0.535. The lowest BCUT2D eigenvalue weighted by Crippen LogP contribution is -2.56. The van der Waals surface area contributed by atoms with Crippen molar-refractivity contribution < 1.29 is 5.11 Å². The van der Waals surface area contributed by atoms with Crippen LogP contribution in [0.25, 0.3) is 0 Å². The maximum Gasteiger partial charge on any atom is 0.0607 e. The molecule has 0 aromatic rings. The van der Waals surface area contributed by atoms with Crippen molar-refractivity contribution in [2.24, 2.45) is 57.7 Å². The summed E-state index contributed by atoms with van der Waals surface area (Å²) in [6.07, 6.45) is 15.4. The maximum absolute atomic E-state index is 11.3. The largest absolute Gasteiger partial charge is 0.393 e. The summed E-state index contributed by atoms with van der Waals surface area (Å²) in [5.41, 5.74) is 1.37. The predicted molar refractivity (Wildman–Crippen MR) is 117 cm³/mol. The van der Waals surface area contributed by atoms with Crippen molar-refractivity contribution >= 4 is 0 Å². The second kappa shape index (κ2) is 6.48. The maximum atomic E-state index is 11.3. The first-order valence-corrected chi connectivity index (χ1v) is 12.9. The van der Waals surface area contributed by atoms with Gasteiger partial charge in [-0.2, -0.15) is 0 Å². The van der Waals surface area contributed by atoms with Crippen molar-refractivity contribution in [3.05, 3.63) is 0 Å².